The van der Waals surface area contributed by atoms with E-state index in [-0.39, 0.29) is 17.4 Å². The van der Waals surface area contributed by atoms with Gasteiger partial charge in [-0.25, -0.2) is 9.59 Å². The van der Waals surface area contributed by atoms with Crippen LogP contribution in [0.15, 0.2) is 63.9 Å². The van der Waals surface area contributed by atoms with Gasteiger partial charge < -0.3 is 24.6 Å². The molecule has 0 bridgehead atoms. The number of nitrogen functional groups attached to an aromatic ring is 1. The zero-order valence-electron chi connectivity index (χ0n) is 21.0. The zero-order valence-corrected chi connectivity index (χ0v) is 21.0. The molecule has 3 heterocycles. The first kappa shape index (κ1) is 24.4. The van der Waals surface area contributed by atoms with Crippen LogP contribution in [0.1, 0.15) is 39.7 Å². The van der Waals surface area contributed by atoms with Crippen molar-refractivity contribution in [1.29, 1.82) is 0 Å². The van der Waals surface area contributed by atoms with Crippen LogP contribution in [-0.2, 0) is 4.74 Å². The van der Waals surface area contributed by atoms with E-state index in [2.05, 4.69) is 5.16 Å². The lowest BCUT2D eigenvalue weighted by Gasteiger charge is -2.34. The number of nitrogens with two attached hydrogens (primary N) is 1. The van der Waals surface area contributed by atoms with E-state index in [4.69, 9.17) is 24.8 Å². The van der Waals surface area contributed by atoms with Crippen LogP contribution in [0.25, 0.3) is 22.2 Å². The molecule has 5 rings (SSSR count). The first-order valence-electron chi connectivity index (χ1n) is 12.2. The minimum atomic E-state index is -0.638. The molecular formula is C27H29N5O5. The zero-order chi connectivity index (χ0) is 26.2. The number of amides is 1. The highest BCUT2D eigenvalue weighted by Gasteiger charge is 2.31. The number of rotatable bonds is 4. The fourth-order valence-electron chi connectivity index (χ4n) is 4.47. The quantitative estimate of drug-likeness (QED) is 0.412. The molecule has 0 aliphatic carbocycles. The summed E-state index contributed by atoms with van der Waals surface area (Å²) in [6.07, 6.45) is 1.06. The molecule has 4 aromatic rings. The summed E-state index contributed by atoms with van der Waals surface area (Å²) in [5.41, 5.74) is 6.41. The maximum atomic E-state index is 12.8. The van der Waals surface area contributed by atoms with Crippen LogP contribution >= 0.6 is 0 Å². The van der Waals surface area contributed by atoms with E-state index in [1.807, 2.05) is 75.4 Å². The average molecular weight is 504 g/mol. The molecule has 10 nitrogen and oxygen atoms in total. The number of piperidine rings is 1. The van der Waals surface area contributed by atoms with Crippen LogP contribution in [0.3, 0.4) is 0 Å². The summed E-state index contributed by atoms with van der Waals surface area (Å²) in [6, 6.07) is 16.6. The first-order valence-corrected chi connectivity index (χ1v) is 12.2. The highest BCUT2D eigenvalue weighted by atomic mass is 16.6. The maximum absolute atomic E-state index is 12.8. The van der Waals surface area contributed by atoms with E-state index in [1.54, 1.807) is 9.58 Å². The molecule has 10 heteroatoms. The van der Waals surface area contributed by atoms with Crippen LogP contribution in [0.4, 0.5) is 10.6 Å². The maximum Gasteiger partial charge on any atom is 0.410 e. The number of carbonyl (C=O) groups is 1. The Morgan fingerprint density at radius 2 is 1.78 bits per heavy atom. The van der Waals surface area contributed by atoms with Crippen molar-refractivity contribution in [2.75, 3.05) is 18.8 Å². The van der Waals surface area contributed by atoms with Crippen molar-refractivity contribution in [3.63, 3.8) is 0 Å². The third-order valence-electron chi connectivity index (χ3n) is 6.09. The molecule has 2 aromatic heterocycles. The summed E-state index contributed by atoms with van der Waals surface area (Å²) in [6.45, 7) is 6.40. The number of aromatic nitrogens is 3. The number of nitrogens with zero attached hydrogens (tertiary/aromatic N) is 4. The van der Waals surface area contributed by atoms with Gasteiger partial charge in [-0.05, 0) is 70.0 Å². The smallest absolute Gasteiger partial charge is 0.410 e. The summed E-state index contributed by atoms with van der Waals surface area (Å²) in [5, 5.41) is 8.96. The Labute approximate surface area is 213 Å². The standard InChI is InChI=1S/C27H29N5O5/c1-27(2,3)36-26(34)31-15-7-8-18(16-31)32-23-21(24(28)30-37-25(23)33)22(29-32)17-11-13-20(14-12-17)35-19-9-5-4-6-10-19/h4-6,9-14,18H,7-8,15-16H2,1-3H3,(H2,28,30). The number of hydrogen-bond donors (Lipinski definition) is 1. The van der Waals surface area contributed by atoms with Crippen molar-refractivity contribution >= 4 is 22.8 Å². The molecule has 1 amide bonds. The van der Waals surface area contributed by atoms with Gasteiger partial charge in [0.2, 0.25) is 0 Å². The minimum Gasteiger partial charge on any atom is -0.457 e. The molecule has 1 aliphatic heterocycles. The molecule has 0 radical (unpaired) electrons. The van der Waals surface area contributed by atoms with E-state index >= 15 is 0 Å². The van der Waals surface area contributed by atoms with E-state index in [0.29, 0.717) is 29.9 Å². The monoisotopic (exact) mass is 503 g/mol. The Kier molecular flexibility index (Phi) is 6.32. The molecule has 2 N–H and O–H groups in total. The molecule has 1 aliphatic rings. The predicted octanol–water partition coefficient (Wildman–Crippen LogP) is 5.00. The van der Waals surface area contributed by atoms with Crippen LogP contribution in [0, 0.1) is 0 Å². The second-order valence-corrected chi connectivity index (χ2v) is 10.0. The number of ether oxygens (including phenoxy) is 2. The van der Waals surface area contributed by atoms with Crippen LogP contribution < -0.4 is 16.1 Å². The minimum absolute atomic E-state index is 0.0697. The van der Waals surface area contributed by atoms with Gasteiger partial charge in [0.1, 0.15) is 22.8 Å². The van der Waals surface area contributed by atoms with Gasteiger partial charge in [-0.15, -0.1) is 0 Å². The number of benzene rings is 2. The van der Waals surface area contributed by atoms with Gasteiger partial charge >= 0.3 is 11.7 Å². The number of para-hydroxylation sites is 1. The van der Waals surface area contributed by atoms with Crippen LogP contribution in [-0.4, -0.2) is 44.6 Å². The number of likely N-dealkylation sites (tertiary alicyclic amines) is 1. The highest BCUT2D eigenvalue weighted by molar-refractivity contribution is 5.99. The summed E-state index contributed by atoms with van der Waals surface area (Å²) in [4.78, 5) is 27.2. The molecule has 1 unspecified atom stereocenters. The molecule has 0 saturated carbocycles. The van der Waals surface area contributed by atoms with Crippen molar-refractivity contribution in [3.05, 3.63) is 65.0 Å². The van der Waals surface area contributed by atoms with Gasteiger partial charge in [0.15, 0.2) is 11.3 Å². The fourth-order valence-corrected chi connectivity index (χ4v) is 4.47. The summed E-state index contributed by atoms with van der Waals surface area (Å²) >= 11 is 0. The third kappa shape index (κ3) is 5.13. The van der Waals surface area contributed by atoms with Gasteiger partial charge in [0, 0.05) is 18.7 Å². The van der Waals surface area contributed by atoms with E-state index in [0.717, 1.165) is 24.2 Å². The molecule has 1 saturated heterocycles. The summed E-state index contributed by atoms with van der Waals surface area (Å²) in [7, 11) is 0. The topological polar surface area (TPSA) is 126 Å². The van der Waals surface area contributed by atoms with Crippen LogP contribution in [0.5, 0.6) is 11.5 Å². The average Bonchev–Trinajstić information content (AvgIpc) is 3.29. The van der Waals surface area contributed by atoms with Gasteiger partial charge in [-0.2, -0.15) is 5.10 Å². The van der Waals surface area contributed by atoms with Gasteiger partial charge in [0.25, 0.3) is 0 Å². The highest BCUT2D eigenvalue weighted by Crippen LogP contribution is 2.34. The molecule has 37 heavy (non-hydrogen) atoms. The second-order valence-electron chi connectivity index (χ2n) is 10.0. The van der Waals surface area contributed by atoms with Crippen molar-refractivity contribution in [2.24, 2.45) is 0 Å². The SMILES string of the molecule is CC(C)(C)OC(=O)N1CCCC(n2nc(-c3ccc(Oc4ccccc4)cc3)c3c(N)noc(=O)c32)C1. The van der Waals surface area contributed by atoms with E-state index in [1.165, 1.54) is 0 Å². The van der Waals surface area contributed by atoms with Crippen molar-refractivity contribution in [2.45, 2.75) is 45.3 Å². The molecule has 192 valence electrons. The number of hydrogen-bond acceptors (Lipinski definition) is 8. The first-order chi connectivity index (χ1) is 17.7. The Bertz CT molecular complexity index is 1470. The lowest BCUT2D eigenvalue weighted by Crippen LogP contribution is -2.43. The molecule has 2 aromatic carbocycles. The largest absolute Gasteiger partial charge is 0.457 e. The van der Waals surface area contributed by atoms with Gasteiger partial charge in [-0.1, -0.05) is 23.4 Å². The Hall–Kier alpha value is -4.34. The number of anilines is 1. The summed E-state index contributed by atoms with van der Waals surface area (Å²) < 4.78 is 18.0. The Morgan fingerprint density at radius 3 is 2.49 bits per heavy atom. The number of fused-ring (bicyclic) bond motifs is 1. The molecule has 0 spiro atoms. The van der Waals surface area contributed by atoms with Crippen molar-refractivity contribution < 1.29 is 18.8 Å². The van der Waals surface area contributed by atoms with Crippen molar-refractivity contribution in [1.82, 2.24) is 19.8 Å². The Morgan fingerprint density at radius 1 is 1.08 bits per heavy atom. The van der Waals surface area contributed by atoms with Gasteiger partial charge in [0.05, 0.1) is 11.4 Å². The lowest BCUT2D eigenvalue weighted by atomic mass is 10.1. The van der Waals surface area contributed by atoms with E-state index < -0.39 is 17.3 Å². The fraction of sp³-hybridized carbons (Fsp3) is 0.333. The Balaban J connectivity index is 1.49. The number of carbonyl (C=O) groups excluding carboxylic acids is 1. The molecular weight excluding hydrogens is 474 g/mol. The third-order valence-corrected chi connectivity index (χ3v) is 6.09. The lowest BCUT2D eigenvalue weighted by molar-refractivity contribution is 0.0169. The molecule has 1 atom stereocenters. The van der Waals surface area contributed by atoms with Crippen molar-refractivity contribution in [3.8, 4) is 22.8 Å². The summed E-state index contributed by atoms with van der Waals surface area (Å²) in [5.74, 6) is 1.45. The molecule has 1 fully saturated rings. The van der Waals surface area contributed by atoms with Gasteiger partial charge in [-0.3, -0.25) is 4.68 Å². The second kappa shape index (κ2) is 9.61. The normalized spacial score (nSPS) is 16.1. The van der Waals surface area contributed by atoms with E-state index in [9.17, 15) is 9.59 Å². The van der Waals surface area contributed by atoms with Crippen LogP contribution in [0.2, 0.25) is 0 Å². The predicted molar refractivity (Wildman–Crippen MR) is 139 cm³/mol.